The number of nitrogens with one attached hydrogen (secondary N) is 1. The van der Waals surface area contributed by atoms with Crippen LogP contribution in [0.3, 0.4) is 0 Å². The lowest BCUT2D eigenvalue weighted by atomic mass is 10.0. The molecule has 5 heteroatoms. The van der Waals surface area contributed by atoms with Gasteiger partial charge in [-0.15, -0.1) is 21.5 Å². The third kappa shape index (κ3) is 4.30. The Morgan fingerprint density at radius 3 is 2.89 bits per heavy atom. The monoisotopic (exact) mass is 269 g/mol. The van der Waals surface area contributed by atoms with Gasteiger partial charge in [0.15, 0.2) is 0 Å². The quantitative estimate of drug-likeness (QED) is 0.911. The van der Waals surface area contributed by atoms with Crippen LogP contribution in [0.25, 0.3) is 0 Å². The van der Waals surface area contributed by atoms with Gasteiger partial charge in [0.2, 0.25) is 0 Å². The van der Waals surface area contributed by atoms with E-state index in [0.717, 1.165) is 42.6 Å². The maximum atomic E-state index is 5.50. The van der Waals surface area contributed by atoms with Crippen molar-refractivity contribution >= 4 is 11.3 Å². The predicted octanol–water partition coefficient (Wildman–Crippen LogP) is 2.36. The molecule has 1 aromatic rings. The zero-order chi connectivity index (χ0) is 13.0. The summed E-state index contributed by atoms with van der Waals surface area (Å²) < 4.78 is 5.50. The van der Waals surface area contributed by atoms with Gasteiger partial charge in [0.25, 0.3) is 0 Å². The molecule has 1 N–H and O–H groups in total. The summed E-state index contributed by atoms with van der Waals surface area (Å²) in [6.45, 7) is 9.21. The van der Waals surface area contributed by atoms with Crippen molar-refractivity contribution in [3.8, 4) is 0 Å². The highest BCUT2D eigenvalue weighted by Crippen LogP contribution is 2.27. The summed E-state index contributed by atoms with van der Waals surface area (Å²) in [6.07, 6.45) is 3.29. The van der Waals surface area contributed by atoms with E-state index in [-0.39, 0.29) is 5.54 Å². The Morgan fingerprint density at radius 1 is 1.39 bits per heavy atom. The van der Waals surface area contributed by atoms with Crippen LogP contribution in [0.2, 0.25) is 0 Å². The number of hydrogen-bond acceptors (Lipinski definition) is 5. The van der Waals surface area contributed by atoms with Gasteiger partial charge in [-0.2, -0.15) is 0 Å². The van der Waals surface area contributed by atoms with Crippen molar-refractivity contribution in [2.45, 2.75) is 51.5 Å². The Morgan fingerprint density at radius 2 is 2.22 bits per heavy atom. The molecule has 4 nitrogen and oxygen atoms in total. The number of hydrogen-bond donors (Lipinski definition) is 1. The molecule has 0 aromatic carbocycles. The molecule has 0 bridgehead atoms. The highest BCUT2D eigenvalue weighted by atomic mass is 32.1. The Labute approximate surface area is 113 Å². The van der Waals surface area contributed by atoms with Crippen molar-refractivity contribution in [1.29, 1.82) is 0 Å². The molecule has 0 amide bonds. The molecule has 2 heterocycles. The van der Waals surface area contributed by atoms with E-state index in [0.29, 0.717) is 5.92 Å². The Hall–Kier alpha value is -0.520. The minimum Gasteiger partial charge on any atom is -0.381 e. The Kier molecular flexibility index (Phi) is 4.70. The van der Waals surface area contributed by atoms with Crippen LogP contribution in [0.4, 0.5) is 0 Å². The molecule has 1 aromatic heterocycles. The van der Waals surface area contributed by atoms with Crippen molar-refractivity contribution in [3.05, 3.63) is 10.0 Å². The highest BCUT2D eigenvalue weighted by Gasteiger charge is 2.20. The summed E-state index contributed by atoms with van der Waals surface area (Å²) in [5.41, 5.74) is 0.171. The van der Waals surface area contributed by atoms with E-state index in [4.69, 9.17) is 4.74 Å². The van der Waals surface area contributed by atoms with Crippen LogP contribution in [0.1, 0.15) is 49.5 Å². The first-order valence-electron chi connectivity index (χ1n) is 6.70. The van der Waals surface area contributed by atoms with E-state index >= 15 is 0 Å². The molecular formula is C13H23N3OS. The minimum atomic E-state index is 0.171. The van der Waals surface area contributed by atoms with Gasteiger partial charge in [-0.1, -0.05) is 0 Å². The summed E-state index contributed by atoms with van der Waals surface area (Å²) in [5.74, 6) is 0.473. The van der Waals surface area contributed by atoms with Gasteiger partial charge >= 0.3 is 0 Å². The smallest absolute Gasteiger partial charge is 0.122 e. The van der Waals surface area contributed by atoms with Crippen LogP contribution in [0, 0.1) is 0 Å². The van der Waals surface area contributed by atoms with Crippen molar-refractivity contribution in [1.82, 2.24) is 15.5 Å². The number of ether oxygens (including phenoxy) is 1. The van der Waals surface area contributed by atoms with Crippen LogP contribution in [0.15, 0.2) is 0 Å². The standard InChI is InChI=1S/C13H23N3OS/c1-13(2,3)14-7-6-11-15-16-12(18-11)10-5-4-8-17-9-10/h10,14H,4-9H2,1-3H3. The van der Waals surface area contributed by atoms with E-state index in [9.17, 15) is 0 Å². The molecule has 1 fully saturated rings. The molecule has 1 aliphatic rings. The molecule has 0 spiro atoms. The minimum absolute atomic E-state index is 0.171. The van der Waals surface area contributed by atoms with Crippen LogP contribution in [0.5, 0.6) is 0 Å². The SMILES string of the molecule is CC(C)(C)NCCc1nnc(C2CCCOC2)s1. The summed E-state index contributed by atoms with van der Waals surface area (Å²) in [7, 11) is 0. The third-order valence-electron chi connectivity index (χ3n) is 2.99. The fourth-order valence-electron chi connectivity index (χ4n) is 2.01. The van der Waals surface area contributed by atoms with Crippen LogP contribution >= 0.6 is 11.3 Å². The summed E-state index contributed by atoms with van der Waals surface area (Å²) in [6, 6.07) is 0. The Bertz CT molecular complexity index is 367. The van der Waals surface area contributed by atoms with Gasteiger partial charge in [-0.25, -0.2) is 0 Å². The lowest BCUT2D eigenvalue weighted by molar-refractivity contribution is 0.0802. The first kappa shape index (κ1) is 13.9. The summed E-state index contributed by atoms with van der Waals surface area (Å²) in [5, 5.41) is 14.4. The zero-order valence-electron chi connectivity index (χ0n) is 11.5. The zero-order valence-corrected chi connectivity index (χ0v) is 12.3. The van der Waals surface area contributed by atoms with Crippen molar-refractivity contribution in [3.63, 3.8) is 0 Å². The highest BCUT2D eigenvalue weighted by molar-refractivity contribution is 7.11. The second-order valence-electron chi connectivity index (χ2n) is 5.87. The number of rotatable bonds is 4. The largest absolute Gasteiger partial charge is 0.381 e. The molecular weight excluding hydrogens is 246 g/mol. The first-order valence-corrected chi connectivity index (χ1v) is 7.51. The van der Waals surface area contributed by atoms with Gasteiger partial charge in [-0.05, 0) is 33.6 Å². The number of aromatic nitrogens is 2. The molecule has 102 valence electrons. The average molecular weight is 269 g/mol. The summed E-state index contributed by atoms with van der Waals surface area (Å²) in [4.78, 5) is 0. The van der Waals surface area contributed by atoms with Crippen LogP contribution in [-0.4, -0.2) is 35.5 Å². The van der Waals surface area contributed by atoms with Gasteiger partial charge < -0.3 is 10.1 Å². The molecule has 1 atom stereocenters. The van der Waals surface area contributed by atoms with Crippen molar-refractivity contribution in [2.24, 2.45) is 0 Å². The molecule has 1 saturated heterocycles. The van der Waals surface area contributed by atoms with Crippen molar-refractivity contribution in [2.75, 3.05) is 19.8 Å². The second kappa shape index (κ2) is 6.08. The average Bonchev–Trinajstić information content (AvgIpc) is 2.77. The fourth-order valence-corrected chi connectivity index (χ4v) is 2.97. The summed E-state index contributed by atoms with van der Waals surface area (Å²) >= 11 is 1.75. The normalized spacial score (nSPS) is 21.2. The van der Waals surface area contributed by atoms with Crippen LogP contribution in [-0.2, 0) is 11.2 Å². The lowest BCUT2D eigenvalue weighted by Gasteiger charge is -2.20. The fraction of sp³-hybridized carbons (Fsp3) is 0.846. The van der Waals surface area contributed by atoms with E-state index < -0.39 is 0 Å². The van der Waals surface area contributed by atoms with E-state index in [1.54, 1.807) is 11.3 Å². The molecule has 2 rings (SSSR count). The molecule has 1 aliphatic heterocycles. The molecule has 0 radical (unpaired) electrons. The molecule has 1 unspecified atom stereocenters. The Balaban J connectivity index is 1.82. The maximum absolute atomic E-state index is 5.50. The van der Waals surface area contributed by atoms with Gasteiger partial charge in [0, 0.05) is 31.0 Å². The van der Waals surface area contributed by atoms with Crippen LogP contribution < -0.4 is 5.32 Å². The van der Waals surface area contributed by atoms with Gasteiger partial charge in [0.1, 0.15) is 10.0 Å². The maximum Gasteiger partial charge on any atom is 0.122 e. The topological polar surface area (TPSA) is 47.0 Å². The van der Waals surface area contributed by atoms with E-state index in [2.05, 4.69) is 36.3 Å². The van der Waals surface area contributed by atoms with Crippen molar-refractivity contribution < 1.29 is 4.74 Å². The van der Waals surface area contributed by atoms with E-state index in [1.165, 1.54) is 6.42 Å². The number of nitrogens with zero attached hydrogens (tertiary/aromatic N) is 2. The first-order chi connectivity index (χ1) is 8.54. The predicted molar refractivity (Wildman–Crippen MR) is 74.2 cm³/mol. The molecule has 0 saturated carbocycles. The molecule has 0 aliphatic carbocycles. The van der Waals surface area contributed by atoms with E-state index in [1.807, 2.05) is 0 Å². The molecule has 18 heavy (non-hydrogen) atoms. The van der Waals surface area contributed by atoms with Gasteiger partial charge in [0.05, 0.1) is 6.61 Å². The second-order valence-corrected chi connectivity index (χ2v) is 6.97. The third-order valence-corrected chi connectivity index (χ3v) is 4.13. The lowest BCUT2D eigenvalue weighted by Crippen LogP contribution is -2.37. The van der Waals surface area contributed by atoms with Gasteiger partial charge in [-0.3, -0.25) is 0 Å².